The van der Waals surface area contributed by atoms with Gasteiger partial charge in [-0.15, -0.1) is 0 Å². The summed E-state index contributed by atoms with van der Waals surface area (Å²) in [7, 11) is 1.47. The topological polar surface area (TPSA) is 138 Å². The molecule has 0 bridgehead atoms. The van der Waals surface area contributed by atoms with Crippen molar-refractivity contribution in [2.45, 2.75) is 19.9 Å². The minimum Gasteiger partial charge on any atom is -0.496 e. The second-order valence-corrected chi connectivity index (χ2v) is 6.24. The summed E-state index contributed by atoms with van der Waals surface area (Å²) in [6.45, 7) is 4.78. The number of aromatic nitrogens is 3. The Morgan fingerprint density at radius 3 is 2.47 bits per heavy atom. The molecule has 0 saturated heterocycles. The summed E-state index contributed by atoms with van der Waals surface area (Å²) in [6, 6.07) is 9.03. The standard InChI is InChI=1S/C20H23N5O5/c1-4-29-16-8-6-12(10-17(16)30-5-2)18(21)20-22-19(23-24-20)14-11-13(25(26)27)7-9-15(14)28-3/h6-11,18H,4-5,21H2,1-3H3,(H,22,23,24)/t18-/m0/s1. The number of nitrogens with two attached hydrogens (primary N) is 1. The van der Waals surface area contributed by atoms with Crippen LogP contribution < -0.4 is 19.9 Å². The lowest BCUT2D eigenvalue weighted by atomic mass is 10.1. The normalized spacial score (nSPS) is 11.7. The van der Waals surface area contributed by atoms with Crippen LogP contribution in [-0.2, 0) is 0 Å². The summed E-state index contributed by atoms with van der Waals surface area (Å²) in [5.41, 5.74) is 7.42. The molecule has 0 saturated carbocycles. The number of aromatic amines is 1. The zero-order valence-electron chi connectivity index (χ0n) is 16.9. The Balaban J connectivity index is 1.94. The van der Waals surface area contributed by atoms with Crippen LogP contribution in [0.2, 0.25) is 0 Å². The van der Waals surface area contributed by atoms with Crippen LogP contribution in [0.3, 0.4) is 0 Å². The lowest BCUT2D eigenvalue weighted by Crippen LogP contribution is -2.14. The molecule has 1 heterocycles. The van der Waals surface area contributed by atoms with Crippen molar-refractivity contribution in [3.8, 4) is 28.6 Å². The molecule has 0 fully saturated rings. The van der Waals surface area contributed by atoms with E-state index in [4.69, 9.17) is 19.9 Å². The molecule has 3 rings (SSSR count). The van der Waals surface area contributed by atoms with E-state index < -0.39 is 11.0 Å². The van der Waals surface area contributed by atoms with Gasteiger partial charge in [-0.1, -0.05) is 6.07 Å². The number of ether oxygens (including phenoxy) is 3. The minimum atomic E-state index is -0.620. The second kappa shape index (κ2) is 9.23. The molecule has 0 aliphatic carbocycles. The van der Waals surface area contributed by atoms with Gasteiger partial charge in [-0.25, -0.2) is 4.98 Å². The third kappa shape index (κ3) is 4.33. The quantitative estimate of drug-likeness (QED) is 0.403. The lowest BCUT2D eigenvalue weighted by Gasteiger charge is -2.14. The van der Waals surface area contributed by atoms with Crippen LogP contribution in [-0.4, -0.2) is 40.4 Å². The molecule has 0 aliphatic rings. The third-order valence-electron chi connectivity index (χ3n) is 4.36. The molecular weight excluding hydrogens is 390 g/mol. The number of hydrogen-bond acceptors (Lipinski definition) is 8. The Labute approximate surface area is 173 Å². The smallest absolute Gasteiger partial charge is 0.270 e. The van der Waals surface area contributed by atoms with Crippen LogP contribution in [0, 0.1) is 10.1 Å². The largest absolute Gasteiger partial charge is 0.496 e. The summed E-state index contributed by atoms with van der Waals surface area (Å²) in [4.78, 5) is 15.1. The Kier molecular flexibility index (Phi) is 6.48. The fourth-order valence-corrected chi connectivity index (χ4v) is 2.94. The Morgan fingerprint density at radius 2 is 1.80 bits per heavy atom. The SMILES string of the molecule is CCOc1ccc([C@H](N)c2nc(-c3cc([N+](=O)[O-])ccc3OC)n[nH]2)cc1OCC. The van der Waals surface area contributed by atoms with Crippen molar-refractivity contribution in [2.75, 3.05) is 20.3 Å². The highest BCUT2D eigenvalue weighted by Crippen LogP contribution is 2.34. The van der Waals surface area contributed by atoms with Gasteiger partial charge in [0.15, 0.2) is 17.3 Å². The molecule has 10 heteroatoms. The number of benzene rings is 2. The second-order valence-electron chi connectivity index (χ2n) is 6.24. The molecule has 10 nitrogen and oxygen atoms in total. The first kappa shape index (κ1) is 21.1. The monoisotopic (exact) mass is 413 g/mol. The van der Waals surface area contributed by atoms with E-state index in [1.807, 2.05) is 19.9 Å². The highest BCUT2D eigenvalue weighted by Gasteiger charge is 2.20. The van der Waals surface area contributed by atoms with Crippen LogP contribution in [0.4, 0.5) is 5.69 Å². The van der Waals surface area contributed by atoms with Gasteiger partial charge in [0, 0.05) is 12.1 Å². The molecule has 1 atom stereocenters. The van der Waals surface area contributed by atoms with Crippen LogP contribution >= 0.6 is 0 Å². The average Bonchev–Trinajstić information content (AvgIpc) is 3.24. The Bertz CT molecular complexity index is 1040. The van der Waals surface area contributed by atoms with Crippen LogP contribution in [0.15, 0.2) is 36.4 Å². The molecule has 3 aromatic rings. The van der Waals surface area contributed by atoms with Crippen LogP contribution in [0.1, 0.15) is 31.3 Å². The number of rotatable bonds is 9. The maximum absolute atomic E-state index is 11.1. The summed E-state index contributed by atoms with van der Waals surface area (Å²) in [5.74, 6) is 2.28. The van der Waals surface area contributed by atoms with E-state index in [0.717, 1.165) is 5.56 Å². The van der Waals surface area contributed by atoms with Crippen molar-refractivity contribution in [1.29, 1.82) is 0 Å². The highest BCUT2D eigenvalue weighted by molar-refractivity contribution is 5.67. The highest BCUT2D eigenvalue weighted by atomic mass is 16.6. The predicted molar refractivity (Wildman–Crippen MR) is 110 cm³/mol. The van der Waals surface area contributed by atoms with E-state index in [9.17, 15) is 10.1 Å². The molecule has 3 N–H and O–H groups in total. The van der Waals surface area contributed by atoms with E-state index in [1.54, 1.807) is 12.1 Å². The predicted octanol–water partition coefficient (Wildman–Crippen LogP) is 3.23. The third-order valence-corrected chi connectivity index (χ3v) is 4.36. The summed E-state index contributed by atoms with van der Waals surface area (Å²) >= 11 is 0. The molecular formula is C20H23N5O5. The van der Waals surface area contributed by atoms with E-state index >= 15 is 0 Å². The molecule has 0 amide bonds. The van der Waals surface area contributed by atoms with E-state index in [-0.39, 0.29) is 11.5 Å². The summed E-state index contributed by atoms with van der Waals surface area (Å²) < 4.78 is 16.5. The first-order chi connectivity index (χ1) is 14.5. The van der Waals surface area contributed by atoms with Crippen molar-refractivity contribution in [2.24, 2.45) is 5.73 Å². The number of nitro groups is 1. The average molecular weight is 413 g/mol. The van der Waals surface area contributed by atoms with E-state index in [1.165, 1.54) is 25.3 Å². The Morgan fingerprint density at radius 1 is 1.10 bits per heavy atom. The van der Waals surface area contributed by atoms with Gasteiger partial charge in [0.2, 0.25) is 0 Å². The minimum absolute atomic E-state index is 0.0886. The van der Waals surface area contributed by atoms with Gasteiger partial charge in [-0.2, -0.15) is 5.10 Å². The molecule has 1 aromatic heterocycles. The van der Waals surface area contributed by atoms with E-state index in [0.29, 0.717) is 41.9 Å². The number of nitrogens with zero attached hydrogens (tertiary/aromatic N) is 3. The zero-order chi connectivity index (χ0) is 21.7. The molecule has 0 unspecified atom stereocenters. The number of methoxy groups -OCH3 is 1. The summed E-state index contributed by atoms with van der Waals surface area (Å²) in [6.07, 6.45) is 0. The number of nitro benzene ring substituents is 1. The number of non-ortho nitro benzene ring substituents is 1. The molecule has 30 heavy (non-hydrogen) atoms. The molecule has 2 aromatic carbocycles. The van der Waals surface area contributed by atoms with Crippen molar-refractivity contribution in [3.05, 3.63) is 57.9 Å². The van der Waals surface area contributed by atoms with E-state index in [2.05, 4.69) is 15.2 Å². The van der Waals surface area contributed by atoms with Crippen molar-refractivity contribution >= 4 is 5.69 Å². The van der Waals surface area contributed by atoms with Gasteiger partial charge in [0.1, 0.15) is 11.6 Å². The fraction of sp³-hybridized carbons (Fsp3) is 0.300. The molecule has 0 spiro atoms. The first-order valence-electron chi connectivity index (χ1n) is 9.38. The van der Waals surface area contributed by atoms with Crippen molar-refractivity contribution in [1.82, 2.24) is 15.2 Å². The maximum atomic E-state index is 11.1. The molecule has 0 aliphatic heterocycles. The summed E-state index contributed by atoms with van der Waals surface area (Å²) in [5, 5.41) is 18.1. The molecule has 158 valence electrons. The maximum Gasteiger partial charge on any atom is 0.270 e. The van der Waals surface area contributed by atoms with Gasteiger partial charge >= 0.3 is 0 Å². The van der Waals surface area contributed by atoms with Gasteiger partial charge in [-0.3, -0.25) is 15.2 Å². The Hall–Kier alpha value is -3.66. The van der Waals surface area contributed by atoms with Gasteiger partial charge in [-0.05, 0) is 37.6 Å². The van der Waals surface area contributed by atoms with Crippen LogP contribution in [0.25, 0.3) is 11.4 Å². The first-order valence-corrected chi connectivity index (χ1v) is 9.38. The number of H-pyrrole nitrogens is 1. The number of nitrogens with one attached hydrogen (secondary N) is 1. The van der Waals surface area contributed by atoms with Crippen molar-refractivity contribution in [3.63, 3.8) is 0 Å². The lowest BCUT2D eigenvalue weighted by molar-refractivity contribution is -0.384. The van der Waals surface area contributed by atoms with Gasteiger partial charge in [0.25, 0.3) is 5.69 Å². The fourth-order valence-electron chi connectivity index (χ4n) is 2.94. The van der Waals surface area contributed by atoms with Crippen LogP contribution in [0.5, 0.6) is 17.2 Å². The number of hydrogen-bond donors (Lipinski definition) is 2. The van der Waals surface area contributed by atoms with Gasteiger partial charge in [0.05, 0.1) is 36.9 Å². The van der Waals surface area contributed by atoms with Crippen molar-refractivity contribution < 1.29 is 19.1 Å². The zero-order valence-corrected chi connectivity index (χ0v) is 16.9. The molecule has 0 radical (unpaired) electrons. The van der Waals surface area contributed by atoms with Gasteiger partial charge < -0.3 is 19.9 Å².